The number of phenols is 1. The summed E-state index contributed by atoms with van der Waals surface area (Å²) in [7, 11) is 1.48. The van der Waals surface area contributed by atoms with Crippen LogP contribution in [-0.4, -0.2) is 29.3 Å². The number of hydrogen-bond donors (Lipinski definition) is 2. The molecular formula is C15H12BrN3O5. The fraction of sp³-hybridized carbons (Fsp3) is 0.0667. The Morgan fingerprint density at radius 3 is 2.83 bits per heavy atom. The molecular weight excluding hydrogens is 382 g/mol. The number of halogens is 1. The number of hydrogen-bond acceptors (Lipinski definition) is 6. The van der Waals surface area contributed by atoms with Crippen LogP contribution in [0.1, 0.15) is 15.9 Å². The molecule has 9 heteroatoms. The van der Waals surface area contributed by atoms with E-state index in [0.717, 1.165) is 6.21 Å². The van der Waals surface area contributed by atoms with Gasteiger partial charge in [0.25, 0.3) is 5.91 Å². The molecule has 0 aromatic heterocycles. The van der Waals surface area contributed by atoms with Gasteiger partial charge in [0.15, 0.2) is 0 Å². The van der Waals surface area contributed by atoms with Crippen LogP contribution in [0.15, 0.2) is 46.0 Å². The van der Waals surface area contributed by atoms with Gasteiger partial charge in [-0.3, -0.25) is 14.9 Å². The molecule has 0 saturated heterocycles. The lowest BCUT2D eigenvalue weighted by Crippen LogP contribution is -2.17. The second-order valence-corrected chi connectivity index (χ2v) is 5.47. The van der Waals surface area contributed by atoms with Crippen LogP contribution in [0, 0.1) is 10.1 Å². The molecule has 0 aliphatic carbocycles. The van der Waals surface area contributed by atoms with Crippen LogP contribution in [0.4, 0.5) is 5.69 Å². The molecule has 0 fully saturated rings. The van der Waals surface area contributed by atoms with Gasteiger partial charge in [0.2, 0.25) is 5.75 Å². The number of methoxy groups -OCH3 is 1. The summed E-state index contributed by atoms with van der Waals surface area (Å²) in [5.41, 5.74) is 2.22. The molecule has 2 aromatic carbocycles. The Kier molecular flexibility index (Phi) is 5.48. The highest BCUT2D eigenvalue weighted by Gasteiger charge is 2.17. The number of phenolic OH excluding ortho intramolecular Hbond substituents is 1. The predicted octanol–water partition coefficient (Wildman–Crippen LogP) is 2.84. The van der Waals surface area contributed by atoms with Crippen LogP contribution < -0.4 is 10.2 Å². The zero-order chi connectivity index (χ0) is 17.7. The van der Waals surface area contributed by atoms with Gasteiger partial charge in [-0.15, -0.1) is 0 Å². The zero-order valence-corrected chi connectivity index (χ0v) is 14.0. The summed E-state index contributed by atoms with van der Waals surface area (Å²) >= 11 is 3.11. The molecule has 124 valence electrons. The Bertz CT molecular complexity index is 823. The number of ether oxygens (including phenoxy) is 1. The number of benzene rings is 2. The second kappa shape index (κ2) is 7.55. The van der Waals surface area contributed by atoms with Crippen molar-refractivity contribution in [3.8, 4) is 11.5 Å². The number of nitro benzene ring substituents is 1. The number of amides is 1. The first-order chi connectivity index (χ1) is 11.4. The Hall–Kier alpha value is -2.94. The number of nitro groups is 1. The van der Waals surface area contributed by atoms with Crippen molar-refractivity contribution >= 4 is 33.7 Å². The minimum Gasteiger partial charge on any atom is -0.502 e. The largest absolute Gasteiger partial charge is 0.502 e. The maximum Gasteiger partial charge on any atom is 0.312 e. The van der Waals surface area contributed by atoms with Crippen molar-refractivity contribution in [2.45, 2.75) is 0 Å². The van der Waals surface area contributed by atoms with E-state index in [4.69, 9.17) is 4.74 Å². The summed E-state index contributed by atoms with van der Waals surface area (Å²) in [5, 5.41) is 24.4. The lowest BCUT2D eigenvalue weighted by molar-refractivity contribution is -0.385. The summed E-state index contributed by atoms with van der Waals surface area (Å²) in [6, 6.07) is 9.06. The molecule has 0 radical (unpaired) electrons. The number of aromatic hydroxyl groups is 1. The molecule has 0 bridgehead atoms. The normalized spacial score (nSPS) is 10.6. The van der Waals surface area contributed by atoms with Crippen LogP contribution in [0.25, 0.3) is 0 Å². The van der Waals surface area contributed by atoms with Gasteiger partial charge in [-0.2, -0.15) is 5.10 Å². The van der Waals surface area contributed by atoms with Crippen LogP contribution in [0.5, 0.6) is 11.5 Å². The highest BCUT2D eigenvalue weighted by atomic mass is 79.9. The maximum atomic E-state index is 12.0. The first-order valence-corrected chi connectivity index (χ1v) is 7.36. The molecule has 1 amide bonds. The van der Waals surface area contributed by atoms with E-state index in [0.29, 0.717) is 15.8 Å². The standard InChI is InChI=1S/C15H12BrN3O5/c1-24-12-4-2-3-9(6-12)15(21)18-17-8-10-5-11(16)7-13(14(10)20)19(22)23/h2-8,20H,1H3,(H,18,21)/b17-8-. The van der Waals surface area contributed by atoms with E-state index in [1.54, 1.807) is 18.2 Å². The maximum absolute atomic E-state index is 12.0. The van der Waals surface area contributed by atoms with Crippen LogP contribution >= 0.6 is 15.9 Å². The summed E-state index contributed by atoms with van der Waals surface area (Å²) in [6.45, 7) is 0. The number of nitrogens with one attached hydrogen (secondary N) is 1. The molecule has 0 spiro atoms. The topological polar surface area (TPSA) is 114 Å². The van der Waals surface area contributed by atoms with Crippen LogP contribution in [0.2, 0.25) is 0 Å². The molecule has 2 rings (SSSR count). The number of hydrazone groups is 1. The summed E-state index contributed by atoms with van der Waals surface area (Å²) in [5.74, 6) is -0.511. The van der Waals surface area contributed by atoms with Crippen molar-refractivity contribution in [1.29, 1.82) is 0 Å². The minimum absolute atomic E-state index is 0.0852. The van der Waals surface area contributed by atoms with Crippen molar-refractivity contribution < 1.29 is 19.6 Å². The van der Waals surface area contributed by atoms with E-state index in [-0.39, 0.29) is 5.56 Å². The van der Waals surface area contributed by atoms with Gasteiger partial charge in [0.05, 0.1) is 18.2 Å². The zero-order valence-electron chi connectivity index (χ0n) is 12.4. The van der Waals surface area contributed by atoms with Gasteiger partial charge in [0, 0.05) is 21.7 Å². The van der Waals surface area contributed by atoms with Crippen molar-refractivity contribution in [1.82, 2.24) is 5.43 Å². The molecule has 24 heavy (non-hydrogen) atoms. The van der Waals surface area contributed by atoms with E-state index < -0.39 is 22.3 Å². The van der Waals surface area contributed by atoms with E-state index in [2.05, 4.69) is 26.5 Å². The number of rotatable bonds is 5. The van der Waals surface area contributed by atoms with Crippen LogP contribution in [0.3, 0.4) is 0 Å². The van der Waals surface area contributed by atoms with Crippen LogP contribution in [-0.2, 0) is 0 Å². The molecule has 0 saturated carbocycles. The third-order valence-electron chi connectivity index (χ3n) is 2.98. The number of carbonyl (C=O) groups is 1. The van der Waals surface area contributed by atoms with Gasteiger partial charge in [-0.25, -0.2) is 5.43 Å². The molecule has 0 aliphatic heterocycles. The number of nitrogens with zero attached hydrogens (tertiary/aromatic N) is 2. The van der Waals surface area contributed by atoms with E-state index in [1.807, 2.05) is 0 Å². The molecule has 0 heterocycles. The van der Waals surface area contributed by atoms with Gasteiger partial charge in [0.1, 0.15) is 5.75 Å². The van der Waals surface area contributed by atoms with E-state index >= 15 is 0 Å². The minimum atomic E-state index is -0.716. The molecule has 8 nitrogen and oxygen atoms in total. The van der Waals surface area contributed by atoms with Crippen molar-refractivity contribution in [3.05, 3.63) is 62.1 Å². The Morgan fingerprint density at radius 1 is 1.42 bits per heavy atom. The van der Waals surface area contributed by atoms with Gasteiger partial charge in [-0.1, -0.05) is 22.0 Å². The van der Waals surface area contributed by atoms with E-state index in [9.17, 15) is 20.0 Å². The first-order valence-electron chi connectivity index (χ1n) is 6.56. The Morgan fingerprint density at radius 2 is 2.17 bits per heavy atom. The third-order valence-corrected chi connectivity index (χ3v) is 3.44. The SMILES string of the molecule is COc1cccc(C(=O)N/N=C\c2cc(Br)cc([N+](=O)[O-])c2O)c1. The average Bonchev–Trinajstić information content (AvgIpc) is 2.57. The fourth-order valence-electron chi connectivity index (χ4n) is 1.83. The van der Waals surface area contributed by atoms with E-state index in [1.165, 1.54) is 25.3 Å². The molecule has 2 aromatic rings. The average molecular weight is 394 g/mol. The summed E-state index contributed by atoms with van der Waals surface area (Å²) in [4.78, 5) is 22.1. The van der Waals surface area contributed by atoms with Gasteiger partial charge < -0.3 is 9.84 Å². The monoisotopic (exact) mass is 393 g/mol. The highest BCUT2D eigenvalue weighted by molar-refractivity contribution is 9.10. The second-order valence-electron chi connectivity index (χ2n) is 4.55. The fourth-order valence-corrected chi connectivity index (χ4v) is 2.30. The Balaban J connectivity index is 2.17. The molecule has 0 aliphatic rings. The first kappa shape index (κ1) is 17.4. The smallest absolute Gasteiger partial charge is 0.312 e. The highest BCUT2D eigenvalue weighted by Crippen LogP contribution is 2.32. The molecule has 0 unspecified atom stereocenters. The lowest BCUT2D eigenvalue weighted by atomic mass is 10.2. The molecule has 0 atom stereocenters. The Labute approximate surface area is 145 Å². The quantitative estimate of drug-likeness (QED) is 0.460. The van der Waals surface area contributed by atoms with Gasteiger partial charge >= 0.3 is 5.69 Å². The summed E-state index contributed by atoms with van der Waals surface area (Å²) in [6.07, 6.45) is 1.12. The molecule has 2 N–H and O–H groups in total. The number of carbonyl (C=O) groups excluding carboxylic acids is 1. The third kappa shape index (κ3) is 4.07. The van der Waals surface area contributed by atoms with Gasteiger partial charge in [-0.05, 0) is 24.3 Å². The van der Waals surface area contributed by atoms with Crippen molar-refractivity contribution in [2.24, 2.45) is 5.10 Å². The van der Waals surface area contributed by atoms with Crippen molar-refractivity contribution in [3.63, 3.8) is 0 Å². The van der Waals surface area contributed by atoms with Crippen molar-refractivity contribution in [2.75, 3.05) is 7.11 Å². The summed E-state index contributed by atoms with van der Waals surface area (Å²) < 4.78 is 5.42. The predicted molar refractivity (Wildman–Crippen MR) is 90.5 cm³/mol. The lowest BCUT2D eigenvalue weighted by Gasteiger charge is -2.04.